The molecule has 1 amide bonds. The molecule has 0 bridgehead atoms. The summed E-state index contributed by atoms with van der Waals surface area (Å²) in [6, 6.07) is 13.3. The zero-order chi connectivity index (χ0) is 19.4. The fourth-order valence-corrected chi connectivity index (χ4v) is 2.94. The van der Waals surface area contributed by atoms with E-state index in [-0.39, 0.29) is 5.56 Å². The molecular formula is C20H17F3N2O2. The van der Waals surface area contributed by atoms with E-state index in [1.165, 1.54) is 0 Å². The number of amides is 1. The molecule has 3 rings (SSSR count). The number of carbonyl (C=O) groups is 1. The maximum atomic E-state index is 13.5. The lowest BCUT2D eigenvalue weighted by Gasteiger charge is -2.23. The molecule has 0 aliphatic rings. The van der Waals surface area contributed by atoms with Crippen LogP contribution in [0.3, 0.4) is 0 Å². The van der Waals surface area contributed by atoms with E-state index < -0.39 is 23.9 Å². The molecule has 0 radical (unpaired) electrons. The standard InChI is InChI=1S/C20H17F3N2O2/c1-2-25-19(26)27-18(16-12-24-11-10-17(16)20(21,22)23)15-9-5-7-13-6-3-4-8-14(13)15/h3-12,18H,2H2,1H3,(H,25,26). The summed E-state index contributed by atoms with van der Waals surface area (Å²) in [5.41, 5.74) is -0.648. The zero-order valence-electron chi connectivity index (χ0n) is 14.5. The molecule has 4 nitrogen and oxygen atoms in total. The second-order valence-corrected chi connectivity index (χ2v) is 5.84. The van der Waals surface area contributed by atoms with E-state index in [0.717, 1.165) is 23.8 Å². The number of hydrogen-bond acceptors (Lipinski definition) is 3. The van der Waals surface area contributed by atoms with Crippen LogP contribution in [0.2, 0.25) is 0 Å². The number of hydrogen-bond donors (Lipinski definition) is 1. The number of rotatable bonds is 4. The highest BCUT2D eigenvalue weighted by Crippen LogP contribution is 2.39. The summed E-state index contributed by atoms with van der Waals surface area (Å²) in [6.45, 7) is 1.99. The van der Waals surface area contributed by atoms with Gasteiger partial charge in [-0.2, -0.15) is 13.2 Å². The molecule has 0 saturated carbocycles. The lowest BCUT2D eigenvalue weighted by molar-refractivity contribution is -0.139. The van der Waals surface area contributed by atoms with Crippen LogP contribution in [-0.2, 0) is 10.9 Å². The van der Waals surface area contributed by atoms with Gasteiger partial charge in [-0.15, -0.1) is 0 Å². The number of fused-ring (bicyclic) bond motifs is 1. The number of nitrogens with one attached hydrogen (secondary N) is 1. The first kappa shape index (κ1) is 18.7. The minimum Gasteiger partial charge on any atom is -0.436 e. The van der Waals surface area contributed by atoms with Crippen LogP contribution >= 0.6 is 0 Å². The Hall–Kier alpha value is -3.09. The highest BCUT2D eigenvalue weighted by Gasteiger charge is 2.37. The Morgan fingerprint density at radius 3 is 2.59 bits per heavy atom. The summed E-state index contributed by atoms with van der Waals surface area (Å²) in [5.74, 6) is 0. The van der Waals surface area contributed by atoms with Gasteiger partial charge in [0.05, 0.1) is 5.56 Å². The second-order valence-electron chi connectivity index (χ2n) is 5.84. The highest BCUT2D eigenvalue weighted by molar-refractivity contribution is 5.86. The molecule has 2 aromatic carbocycles. The van der Waals surface area contributed by atoms with Crippen molar-refractivity contribution >= 4 is 16.9 Å². The predicted octanol–water partition coefficient (Wildman–Crippen LogP) is 5.09. The minimum absolute atomic E-state index is 0.215. The Bertz CT molecular complexity index is 952. The van der Waals surface area contributed by atoms with E-state index in [4.69, 9.17) is 4.74 Å². The van der Waals surface area contributed by atoms with Gasteiger partial charge in [0, 0.05) is 30.1 Å². The molecule has 0 saturated heterocycles. The third kappa shape index (κ3) is 4.02. The average molecular weight is 374 g/mol. The van der Waals surface area contributed by atoms with Gasteiger partial charge >= 0.3 is 12.3 Å². The Morgan fingerprint density at radius 1 is 1.11 bits per heavy atom. The Labute approximate surface area is 154 Å². The zero-order valence-corrected chi connectivity index (χ0v) is 14.5. The van der Waals surface area contributed by atoms with E-state index in [1.54, 1.807) is 31.2 Å². The summed E-state index contributed by atoms with van der Waals surface area (Å²) >= 11 is 0. The number of nitrogens with zero attached hydrogens (tertiary/aromatic N) is 1. The van der Waals surface area contributed by atoms with Crippen LogP contribution in [0.5, 0.6) is 0 Å². The van der Waals surface area contributed by atoms with Crippen LogP contribution in [0.4, 0.5) is 18.0 Å². The van der Waals surface area contributed by atoms with Crippen molar-refractivity contribution in [3.63, 3.8) is 0 Å². The molecule has 0 aliphatic carbocycles. The summed E-state index contributed by atoms with van der Waals surface area (Å²) in [4.78, 5) is 15.9. The number of aromatic nitrogens is 1. The Kier molecular flexibility index (Phi) is 5.30. The smallest absolute Gasteiger partial charge is 0.416 e. The summed E-state index contributed by atoms with van der Waals surface area (Å²) in [6.07, 6.45) is -4.50. The van der Waals surface area contributed by atoms with Gasteiger partial charge in [-0.1, -0.05) is 42.5 Å². The van der Waals surface area contributed by atoms with Crippen LogP contribution < -0.4 is 5.32 Å². The van der Waals surface area contributed by atoms with E-state index in [1.807, 2.05) is 18.2 Å². The van der Waals surface area contributed by atoms with Crippen molar-refractivity contribution in [2.45, 2.75) is 19.2 Å². The number of ether oxygens (including phenoxy) is 1. The SMILES string of the molecule is CCNC(=O)OC(c1cnccc1C(F)(F)F)c1cccc2ccccc12. The molecule has 1 N–H and O–H groups in total. The minimum atomic E-state index is -4.61. The molecule has 3 aromatic rings. The average Bonchev–Trinajstić information content (AvgIpc) is 2.65. The van der Waals surface area contributed by atoms with Gasteiger partial charge in [0.1, 0.15) is 0 Å². The van der Waals surface area contributed by atoms with Crippen molar-refractivity contribution in [3.8, 4) is 0 Å². The monoisotopic (exact) mass is 374 g/mol. The Morgan fingerprint density at radius 2 is 1.85 bits per heavy atom. The maximum absolute atomic E-state index is 13.5. The Balaban J connectivity index is 2.20. The molecule has 0 fully saturated rings. The van der Waals surface area contributed by atoms with Gasteiger partial charge in [-0.3, -0.25) is 4.98 Å². The molecule has 1 unspecified atom stereocenters. The molecule has 1 aromatic heterocycles. The summed E-state index contributed by atoms with van der Waals surface area (Å²) in [5, 5.41) is 3.99. The van der Waals surface area contributed by atoms with Gasteiger partial charge in [0.2, 0.25) is 0 Å². The van der Waals surface area contributed by atoms with Crippen molar-refractivity contribution in [2.75, 3.05) is 6.54 Å². The molecule has 0 aliphatic heterocycles. The normalized spacial score (nSPS) is 12.6. The van der Waals surface area contributed by atoms with Crippen molar-refractivity contribution in [3.05, 3.63) is 77.6 Å². The molecule has 27 heavy (non-hydrogen) atoms. The van der Waals surface area contributed by atoms with Crippen molar-refractivity contribution in [2.24, 2.45) is 0 Å². The number of alkyl carbamates (subject to hydrolysis) is 1. The van der Waals surface area contributed by atoms with Crippen LogP contribution in [-0.4, -0.2) is 17.6 Å². The molecule has 0 spiro atoms. The number of carbonyl (C=O) groups excluding carboxylic acids is 1. The molecule has 1 heterocycles. The molecule has 7 heteroatoms. The topological polar surface area (TPSA) is 51.2 Å². The first-order valence-electron chi connectivity index (χ1n) is 8.35. The lowest BCUT2D eigenvalue weighted by Crippen LogP contribution is -2.27. The highest BCUT2D eigenvalue weighted by atomic mass is 19.4. The number of alkyl halides is 3. The van der Waals surface area contributed by atoms with Crippen molar-refractivity contribution in [1.29, 1.82) is 0 Å². The second kappa shape index (κ2) is 7.65. The predicted molar refractivity (Wildman–Crippen MR) is 95.2 cm³/mol. The van der Waals surface area contributed by atoms with Gasteiger partial charge in [-0.05, 0) is 23.8 Å². The lowest BCUT2D eigenvalue weighted by atomic mass is 9.94. The van der Waals surface area contributed by atoms with Gasteiger partial charge in [0.25, 0.3) is 0 Å². The molecule has 140 valence electrons. The summed E-state index contributed by atoms with van der Waals surface area (Å²) in [7, 11) is 0. The van der Waals surface area contributed by atoms with E-state index in [2.05, 4.69) is 10.3 Å². The van der Waals surface area contributed by atoms with Gasteiger partial charge < -0.3 is 10.1 Å². The number of benzene rings is 2. The fourth-order valence-electron chi connectivity index (χ4n) is 2.94. The van der Waals surface area contributed by atoms with E-state index in [0.29, 0.717) is 17.5 Å². The third-order valence-corrected chi connectivity index (χ3v) is 4.09. The largest absolute Gasteiger partial charge is 0.436 e. The third-order valence-electron chi connectivity index (χ3n) is 4.09. The van der Waals surface area contributed by atoms with E-state index in [9.17, 15) is 18.0 Å². The molecular weight excluding hydrogens is 357 g/mol. The van der Waals surface area contributed by atoms with Gasteiger partial charge in [0.15, 0.2) is 6.10 Å². The van der Waals surface area contributed by atoms with Crippen molar-refractivity contribution in [1.82, 2.24) is 10.3 Å². The molecule has 1 atom stereocenters. The number of halogens is 3. The first-order valence-corrected chi connectivity index (χ1v) is 8.35. The first-order chi connectivity index (χ1) is 12.9. The van der Waals surface area contributed by atoms with Crippen LogP contribution in [0.1, 0.15) is 29.7 Å². The maximum Gasteiger partial charge on any atom is 0.416 e. The van der Waals surface area contributed by atoms with Gasteiger partial charge in [-0.25, -0.2) is 4.79 Å². The summed E-state index contributed by atoms with van der Waals surface area (Å²) < 4.78 is 46.0. The van der Waals surface area contributed by atoms with Crippen LogP contribution in [0, 0.1) is 0 Å². The fraction of sp³-hybridized carbons (Fsp3) is 0.200. The van der Waals surface area contributed by atoms with E-state index >= 15 is 0 Å². The van der Waals surface area contributed by atoms with Crippen LogP contribution in [0.15, 0.2) is 60.9 Å². The number of pyridine rings is 1. The van der Waals surface area contributed by atoms with Crippen LogP contribution in [0.25, 0.3) is 10.8 Å². The quantitative estimate of drug-likeness (QED) is 0.692. The van der Waals surface area contributed by atoms with Crippen molar-refractivity contribution < 1.29 is 22.7 Å².